The summed E-state index contributed by atoms with van der Waals surface area (Å²) in [5.74, 6) is 0.415. The van der Waals surface area contributed by atoms with E-state index >= 15 is 0 Å². The van der Waals surface area contributed by atoms with E-state index in [-0.39, 0.29) is 11.9 Å². The number of aromatic nitrogens is 2. The van der Waals surface area contributed by atoms with Gasteiger partial charge in [-0.25, -0.2) is 4.98 Å². The molecule has 6 rings (SSSR count). The number of aliphatic carboxylic acids is 1. The SMILES string of the molecule is COc1cc(-c2nccc(-c3cccc(-c4ccc(CNC[C@H]5CCC(=O)N5)c(OC)n4)c3Cl)c2Cl)ccc1CN1CCC[C@@H]1C(=O)O. The van der Waals surface area contributed by atoms with Crippen LogP contribution in [0, 0.1) is 0 Å². The van der Waals surface area contributed by atoms with Gasteiger partial charge in [-0.1, -0.05) is 59.6 Å². The fraction of sp³-hybridized carbons (Fsp3) is 0.333. The Morgan fingerprint density at radius 3 is 2.56 bits per heavy atom. The molecule has 0 aliphatic carbocycles. The van der Waals surface area contributed by atoms with E-state index in [1.54, 1.807) is 20.4 Å². The number of benzene rings is 2. The van der Waals surface area contributed by atoms with Crippen LogP contribution in [0.1, 0.15) is 36.8 Å². The maximum absolute atomic E-state index is 11.7. The first-order valence-electron chi connectivity index (χ1n) is 15.9. The van der Waals surface area contributed by atoms with Gasteiger partial charge in [-0.3, -0.25) is 19.5 Å². The Hall–Kier alpha value is -4.22. The molecule has 0 radical (unpaired) electrons. The second-order valence-electron chi connectivity index (χ2n) is 12.0. The van der Waals surface area contributed by atoms with Gasteiger partial charge in [-0.05, 0) is 44.0 Å². The second kappa shape index (κ2) is 14.9. The number of carbonyl (C=O) groups is 2. The number of hydrogen-bond donors (Lipinski definition) is 3. The zero-order valence-corrected chi connectivity index (χ0v) is 28.3. The van der Waals surface area contributed by atoms with Crippen LogP contribution in [0.5, 0.6) is 11.6 Å². The van der Waals surface area contributed by atoms with Gasteiger partial charge >= 0.3 is 5.97 Å². The zero-order valence-electron chi connectivity index (χ0n) is 26.8. The van der Waals surface area contributed by atoms with Crippen LogP contribution in [-0.4, -0.2) is 71.2 Å². The molecule has 0 spiro atoms. The van der Waals surface area contributed by atoms with Crippen molar-refractivity contribution in [2.24, 2.45) is 0 Å². The molecule has 4 heterocycles. The summed E-state index contributed by atoms with van der Waals surface area (Å²) < 4.78 is 11.4. The standard InChI is InChI=1S/C36H37Cl2N5O5/c1-47-30-17-21(8-9-23(30)20-43-16-4-7-29(43)36(45)46)34-33(38)26(14-15-40-34)25-5-3-6-27(32(25)37)28-12-10-22(35(42-28)48-2)18-39-19-24-11-13-31(44)41-24/h3,5-6,8-10,12,14-15,17,24,29,39H,4,7,11,13,16,18-20H2,1-2H3,(H,41,44)(H,45,46)/t24-,29-/m1/s1. The predicted molar refractivity (Wildman–Crippen MR) is 185 cm³/mol. The van der Waals surface area contributed by atoms with Crippen molar-refractivity contribution in [3.8, 4) is 45.3 Å². The van der Waals surface area contributed by atoms with E-state index in [1.807, 2.05) is 59.5 Å². The zero-order chi connectivity index (χ0) is 33.8. The fourth-order valence-electron chi connectivity index (χ4n) is 6.47. The van der Waals surface area contributed by atoms with E-state index < -0.39 is 12.0 Å². The Kier molecular flexibility index (Phi) is 10.5. The number of nitrogens with one attached hydrogen (secondary N) is 2. The number of carboxylic acid groups (broad SMARTS) is 1. The molecule has 2 aromatic carbocycles. The minimum atomic E-state index is -0.800. The number of nitrogens with zero attached hydrogens (tertiary/aromatic N) is 3. The molecule has 0 unspecified atom stereocenters. The Morgan fingerprint density at radius 1 is 1.02 bits per heavy atom. The van der Waals surface area contributed by atoms with E-state index in [0.717, 1.165) is 47.2 Å². The maximum atomic E-state index is 11.7. The van der Waals surface area contributed by atoms with E-state index in [4.69, 9.17) is 37.7 Å². The molecule has 12 heteroatoms. The van der Waals surface area contributed by atoms with E-state index in [0.29, 0.717) is 71.1 Å². The van der Waals surface area contributed by atoms with Gasteiger partial charge in [0.25, 0.3) is 0 Å². The molecule has 4 aromatic rings. The van der Waals surface area contributed by atoms with Crippen LogP contribution in [0.15, 0.2) is 60.8 Å². The smallest absolute Gasteiger partial charge is 0.320 e. The summed E-state index contributed by atoms with van der Waals surface area (Å²) >= 11 is 14.1. The number of likely N-dealkylation sites (tertiary alicyclic amines) is 1. The number of ether oxygens (including phenoxy) is 2. The van der Waals surface area contributed by atoms with Crippen LogP contribution in [0.2, 0.25) is 10.0 Å². The molecular weight excluding hydrogens is 653 g/mol. The molecular formula is C36H37Cl2N5O5. The van der Waals surface area contributed by atoms with Crippen LogP contribution in [-0.2, 0) is 22.7 Å². The Balaban J connectivity index is 1.24. The third-order valence-corrected chi connectivity index (χ3v) is 9.75. The van der Waals surface area contributed by atoms with Crippen molar-refractivity contribution in [1.82, 2.24) is 25.5 Å². The van der Waals surface area contributed by atoms with Gasteiger partial charge in [0.05, 0.1) is 35.7 Å². The number of methoxy groups -OCH3 is 2. The highest BCUT2D eigenvalue weighted by Crippen LogP contribution is 2.42. The number of carboxylic acids is 1. The van der Waals surface area contributed by atoms with E-state index in [2.05, 4.69) is 15.6 Å². The van der Waals surface area contributed by atoms with Crippen molar-refractivity contribution in [2.45, 2.75) is 50.9 Å². The summed E-state index contributed by atoms with van der Waals surface area (Å²) in [4.78, 5) is 34.5. The molecule has 1 amide bonds. The Bertz CT molecular complexity index is 1840. The average molecular weight is 691 g/mol. The lowest BCUT2D eigenvalue weighted by atomic mass is 9.99. The lowest BCUT2D eigenvalue weighted by Crippen LogP contribution is -2.35. The lowest BCUT2D eigenvalue weighted by molar-refractivity contribution is -0.142. The monoisotopic (exact) mass is 689 g/mol. The van der Waals surface area contributed by atoms with Crippen LogP contribution in [0.25, 0.3) is 33.6 Å². The number of carbonyl (C=O) groups excluding carboxylic acids is 1. The van der Waals surface area contributed by atoms with Gasteiger partial charge in [0.15, 0.2) is 0 Å². The Morgan fingerprint density at radius 2 is 1.81 bits per heavy atom. The minimum absolute atomic E-state index is 0.0922. The third kappa shape index (κ3) is 7.12. The summed E-state index contributed by atoms with van der Waals surface area (Å²) in [5, 5.41) is 16.9. The number of pyridine rings is 2. The molecule has 2 fully saturated rings. The van der Waals surface area contributed by atoms with Crippen LogP contribution in [0.4, 0.5) is 0 Å². The van der Waals surface area contributed by atoms with Gasteiger partial charge in [-0.2, -0.15) is 0 Å². The van der Waals surface area contributed by atoms with Crippen molar-refractivity contribution in [3.63, 3.8) is 0 Å². The molecule has 10 nitrogen and oxygen atoms in total. The number of amides is 1. The molecule has 0 bridgehead atoms. The molecule has 0 saturated carbocycles. The third-order valence-electron chi connectivity index (χ3n) is 8.96. The molecule has 2 saturated heterocycles. The van der Waals surface area contributed by atoms with Gasteiger partial charge in [0.1, 0.15) is 11.8 Å². The van der Waals surface area contributed by atoms with Crippen molar-refractivity contribution in [3.05, 3.63) is 82.0 Å². The summed E-state index contributed by atoms with van der Waals surface area (Å²) in [6, 6.07) is 16.8. The highest BCUT2D eigenvalue weighted by Gasteiger charge is 2.31. The lowest BCUT2D eigenvalue weighted by Gasteiger charge is -2.22. The average Bonchev–Trinajstić information content (AvgIpc) is 3.74. The number of rotatable bonds is 12. The molecule has 48 heavy (non-hydrogen) atoms. The molecule has 2 aliphatic rings. The first-order chi connectivity index (χ1) is 23.3. The predicted octanol–water partition coefficient (Wildman–Crippen LogP) is 6.22. The summed E-state index contributed by atoms with van der Waals surface area (Å²) in [6.45, 7) is 2.41. The summed E-state index contributed by atoms with van der Waals surface area (Å²) in [7, 11) is 3.19. The number of halogens is 2. The molecule has 2 aliphatic heterocycles. The maximum Gasteiger partial charge on any atom is 0.320 e. The topological polar surface area (TPSA) is 126 Å². The summed E-state index contributed by atoms with van der Waals surface area (Å²) in [6.07, 6.45) is 4.58. The molecule has 250 valence electrons. The normalized spacial score (nSPS) is 17.8. The van der Waals surface area contributed by atoms with Gasteiger partial charge in [0, 0.05) is 71.7 Å². The second-order valence-corrected chi connectivity index (χ2v) is 12.7. The van der Waals surface area contributed by atoms with E-state index in [9.17, 15) is 14.7 Å². The van der Waals surface area contributed by atoms with E-state index in [1.165, 1.54) is 0 Å². The minimum Gasteiger partial charge on any atom is -0.496 e. The first kappa shape index (κ1) is 33.7. The van der Waals surface area contributed by atoms with Gasteiger partial charge in [0.2, 0.25) is 11.8 Å². The van der Waals surface area contributed by atoms with Crippen molar-refractivity contribution in [1.29, 1.82) is 0 Å². The van der Waals surface area contributed by atoms with Crippen molar-refractivity contribution in [2.75, 3.05) is 27.3 Å². The van der Waals surface area contributed by atoms with Crippen molar-refractivity contribution < 1.29 is 24.2 Å². The molecule has 3 N–H and O–H groups in total. The van der Waals surface area contributed by atoms with Crippen LogP contribution < -0.4 is 20.1 Å². The highest BCUT2D eigenvalue weighted by molar-refractivity contribution is 6.39. The van der Waals surface area contributed by atoms with Crippen LogP contribution in [0.3, 0.4) is 0 Å². The molecule has 2 aromatic heterocycles. The Labute approximate surface area is 289 Å². The fourth-order valence-corrected chi connectivity index (χ4v) is 7.12. The largest absolute Gasteiger partial charge is 0.496 e. The van der Waals surface area contributed by atoms with Crippen molar-refractivity contribution >= 4 is 35.1 Å². The van der Waals surface area contributed by atoms with Crippen LogP contribution >= 0.6 is 23.2 Å². The highest BCUT2D eigenvalue weighted by atomic mass is 35.5. The van der Waals surface area contributed by atoms with Gasteiger partial charge < -0.3 is 25.2 Å². The van der Waals surface area contributed by atoms with Gasteiger partial charge in [-0.15, -0.1) is 0 Å². The quantitative estimate of drug-likeness (QED) is 0.159. The summed E-state index contributed by atoms with van der Waals surface area (Å²) in [5.41, 5.74) is 5.93. The number of hydrogen-bond acceptors (Lipinski definition) is 8. The molecule has 2 atom stereocenters. The first-order valence-corrected chi connectivity index (χ1v) is 16.6.